The standard InChI is InChI=1S/C31H41N3O7/c1-21(2)27(28(40-20-37-4)22(3)30(35)39-19-24-14-9-6-10-15-24)41-31(36)25-16-11-17-26(33-34-32)29(25)38-18-23-12-7-5-8-13-23/h5-10,12-15,21-22,25-29H,11,16-20H2,1-4H3/t22-,25-,26-,27-,28+,29-/m0/s1. The number of hydrogen-bond acceptors (Lipinski definition) is 8. The Morgan fingerprint density at radius 2 is 1.59 bits per heavy atom. The van der Waals surface area contributed by atoms with Gasteiger partial charge in [0.15, 0.2) is 0 Å². The Balaban J connectivity index is 1.76. The summed E-state index contributed by atoms with van der Waals surface area (Å²) in [5, 5.41) is 3.94. The zero-order chi connectivity index (χ0) is 29.6. The SMILES string of the molecule is COCO[C@H]([C@H](C)C(=O)OCc1ccccc1)[C@@H](OC(=O)[C@H]1CCC[C@H](N=[N+]=[N-])[C@H]1OCc1ccccc1)C(C)C. The van der Waals surface area contributed by atoms with E-state index in [2.05, 4.69) is 10.0 Å². The van der Waals surface area contributed by atoms with E-state index in [4.69, 9.17) is 29.2 Å². The van der Waals surface area contributed by atoms with E-state index in [-0.39, 0.29) is 25.9 Å². The molecule has 0 aromatic heterocycles. The molecule has 0 spiro atoms. The number of rotatable bonds is 15. The molecule has 0 bridgehead atoms. The van der Waals surface area contributed by atoms with Gasteiger partial charge in [-0.3, -0.25) is 9.59 Å². The van der Waals surface area contributed by atoms with Gasteiger partial charge >= 0.3 is 11.9 Å². The van der Waals surface area contributed by atoms with Crippen molar-refractivity contribution in [1.29, 1.82) is 0 Å². The van der Waals surface area contributed by atoms with Gasteiger partial charge in [0, 0.05) is 12.0 Å². The van der Waals surface area contributed by atoms with Gasteiger partial charge in [0.2, 0.25) is 0 Å². The normalized spacial score (nSPS) is 20.9. The molecule has 0 radical (unpaired) electrons. The molecule has 1 aliphatic rings. The lowest BCUT2D eigenvalue weighted by molar-refractivity contribution is -0.193. The van der Waals surface area contributed by atoms with Gasteiger partial charge in [-0.25, -0.2) is 0 Å². The van der Waals surface area contributed by atoms with Crippen LogP contribution in [-0.2, 0) is 46.5 Å². The molecule has 1 saturated carbocycles. The Kier molecular flexibility index (Phi) is 13.1. The first kappa shape index (κ1) is 32.1. The summed E-state index contributed by atoms with van der Waals surface area (Å²) in [4.78, 5) is 29.8. The van der Waals surface area contributed by atoms with Crippen LogP contribution in [0.2, 0.25) is 0 Å². The molecule has 10 heteroatoms. The van der Waals surface area contributed by atoms with E-state index < -0.39 is 48.1 Å². The molecular formula is C31H41N3O7. The lowest BCUT2D eigenvalue weighted by Crippen LogP contribution is -2.48. The van der Waals surface area contributed by atoms with Crippen molar-refractivity contribution in [2.75, 3.05) is 13.9 Å². The lowest BCUT2D eigenvalue weighted by Gasteiger charge is -2.37. The van der Waals surface area contributed by atoms with Crippen LogP contribution < -0.4 is 0 Å². The van der Waals surface area contributed by atoms with Crippen molar-refractivity contribution in [3.8, 4) is 0 Å². The van der Waals surface area contributed by atoms with Crippen molar-refractivity contribution in [2.24, 2.45) is 22.9 Å². The van der Waals surface area contributed by atoms with Crippen LogP contribution in [0.15, 0.2) is 65.8 Å². The van der Waals surface area contributed by atoms with Crippen molar-refractivity contribution in [2.45, 2.75) is 77.6 Å². The summed E-state index contributed by atoms with van der Waals surface area (Å²) in [5.41, 5.74) is 11.0. The molecule has 41 heavy (non-hydrogen) atoms. The van der Waals surface area contributed by atoms with Gasteiger partial charge in [-0.1, -0.05) is 86.0 Å². The molecule has 6 atom stereocenters. The Hall–Kier alpha value is -3.43. The molecule has 0 amide bonds. The van der Waals surface area contributed by atoms with Gasteiger partial charge < -0.3 is 23.7 Å². The van der Waals surface area contributed by atoms with Crippen LogP contribution in [0.1, 0.15) is 51.2 Å². The summed E-state index contributed by atoms with van der Waals surface area (Å²) in [7, 11) is 1.48. The number of methoxy groups -OCH3 is 1. The third-order valence-electron chi connectivity index (χ3n) is 7.28. The van der Waals surface area contributed by atoms with E-state index in [9.17, 15) is 9.59 Å². The molecular weight excluding hydrogens is 526 g/mol. The number of nitrogens with zero attached hydrogens (tertiary/aromatic N) is 3. The van der Waals surface area contributed by atoms with Crippen molar-refractivity contribution in [1.82, 2.24) is 0 Å². The summed E-state index contributed by atoms with van der Waals surface area (Å²) in [6.07, 6.45) is -0.406. The van der Waals surface area contributed by atoms with E-state index in [0.717, 1.165) is 11.1 Å². The van der Waals surface area contributed by atoms with Gasteiger partial charge in [-0.15, -0.1) is 0 Å². The number of hydrogen-bond donors (Lipinski definition) is 0. The average Bonchev–Trinajstić information content (AvgIpc) is 2.99. The van der Waals surface area contributed by atoms with Gasteiger partial charge in [0.25, 0.3) is 0 Å². The first-order chi connectivity index (χ1) is 19.8. The third kappa shape index (κ3) is 9.57. The van der Waals surface area contributed by atoms with Crippen LogP contribution in [-0.4, -0.2) is 50.2 Å². The number of ether oxygens (including phenoxy) is 5. The van der Waals surface area contributed by atoms with Crippen LogP contribution in [0, 0.1) is 17.8 Å². The molecule has 3 rings (SSSR count). The van der Waals surface area contributed by atoms with Gasteiger partial charge in [0.05, 0.1) is 30.6 Å². The van der Waals surface area contributed by atoms with Crippen LogP contribution in [0.4, 0.5) is 0 Å². The molecule has 222 valence electrons. The number of carbonyl (C=O) groups excluding carboxylic acids is 2. The highest BCUT2D eigenvalue weighted by atomic mass is 16.7. The lowest BCUT2D eigenvalue weighted by atomic mass is 9.82. The fraction of sp³-hybridized carbons (Fsp3) is 0.548. The van der Waals surface area contributed by atoms with Crippen LogP contribution in [0.3, 0.4) is 0 Å². The molecule has 0 unspecified atom stereocenters. The molecule has 0 saturated heterocycles. The van der Waals surface area contributed by atoms with Crippen LogP contribution >= 0.6 is 0 Å². The van der Waals surface area contributed by atoms with E-state index in [1.165, 1.54) is 7.11 Å². The Morgan fingerprint density at radius 3 is 2.17 bits per heavy atom. The maximum Gasteiger partial charge on any atom is 0.311 e. The average molecular weight is 568 g/mol. The van der Waals surface area contributed by atoms with Crippen LogP contribution in [0.5, 0.6) is 0 Å². The van der Waals surface area contributed by atoms with Gasteiger partial charge in [-0.05, 0) is 42.3 Å². The monoisotopic (exact) mass is 567 g/mol. The summed E-state index contributed by atoms with van der Waals surface area (Å²) >= 11 is 0. The largest absolute Gasteiger partial charge is 0.461 e. The summed E-state index contributed by atoms with van der Waals surface area (Å²) in [6.45, 7) is 5.79. The Morgan fingerprint density at radius 1 is 0.951 bits per heavy atom. The second-order valence-electron chi connectivity index (χ2n) is 10.6. The zero-order valence-electron chi connectivity index (χ0n) is 24.3. The van der Waals surface area contributed by atoms with E-state index >= 15 is 0 Å². The first-order valence-corrected chi connectivity index (χ1v) is 14.1. The van der Waals surface area contributed by atoms with Crippen molar-refractivity contribution in [3.63, 3.8) is 0 Å². The molecule has 10 nitrogen and oxygen atoms in total. The maximum atomic E-state index is 13.7. The second kappa shape index (κ2) is 16.7. The van der Waals surface area contributed by atoms with Crippen LogP contribution in [0.25, 0.3) is 10.4 Å². The highest BCUT2D eigenvalue weighted by molar-refractivity contribution is 5.75. The van der Waals surface area contributed by atoms with E-state index in [1.807, 2.05) is 74.5 Å². The summed E-state index contributed by atoms with van der Waals surface area (Å²) in [5.74, 6) is -2.53. The van der Waals surface area contributed by atoms with E-state index in [1.54, 1.807) is 6.92 Å². The van der Waals surface area contributed by atoms with Crippen molar-refractivity contribution in [3.05, 3.63) is 82.2 Å². The molecule has 0 aliphatic heterocycles. The second-order valence-corrected chi connectivity index (χ2v) is 10.6. The summed E-state index contributed by atoms with van der Waals surface area (Å²) in [6, 6.07) is 18.5. The molecule has 0 heterocycles. The summed E-state index contributed by atoms with van der Waals surface area (Å²) < 4.78 is 28.9. The first-order valence-electron chi connectivity index (χ1n) is 14.1. The maximum absolute atomic E-state index is 13.7. The highest BCUT2D eigenvalue weighted by Crippen LogP contribution is 2.33. The van der Waals surface area contributed by atoms with Gasteiger partial charge in [0.1, 0.15) is 25.6 Å². The number of benzene rings is 2. The van der Waals surface area contributed by atoms with Crippen molar-refractivity contribution >= 4 is 11.9 Å². The number of carbonyl (C=O) groups is 2. The predicted molar refractivity (Wildman–Crippen MR) is 152 cm³/mol. The minimum atomic E-state index is -0.817. The minimum absolute atomic E-state index is 0.0903. The number of esters is 2. The Bertz CT molecular complexity index is 1130. The zero-order valence-corrected chi connectivity index (χ0v) is 24.3. The smallest absolute Gasteiger partial charge is 0.311 e. The predicted octanol–water partition coefficient (Wildman–Crippen LogP) is 5.99. The fourth-order valence-corrected chi connectivity index (χ4v) is 5.05. The Labute approximate surface area is 241 Å². The number of azide groups is 1. The molecule has 0 N–H and O–H groups in total. The fourth-order valence-electron chi connectivity index (χ4n) is 5.05. The highest BCUT2D eigenvalue weighted by Gasteiger charge is 2.43. The third-order valence-corrected chi connectivity index (χ3v) is 7.28. The van der Waals surface area contributed by atoms with E-state index in [0.29, 0.717) is 19.3 Å². The molecule has 1 fully saturated rings. The molecule has 2 aromatic rings. The van der Waals surface area contributed by atoms with Crippen molar-refractivity contribution < 1.29 is 33.3 Å². The topological polar surface area (TPSA) is 129 Å². The van der Waals surface area contributed by atoms with Gasteiger partial charge in [-0.2, -0.15) is 0 Å². The quantitative estimate of drug-likeness (QED) is 0.0850. The molecule has 1 aliphatic carbocycles. The molecule has 2 aromatic carbocycles. The minimum Gasteiger partial charge on any atom is -0.461 e.